The van der Waals surface area contributed by atoms with Crippen LogP contribution in [-0.2, 0) is 9.16 Å². The molecule has 1 unspecified atom stereocenters. The van der Waals surface area contributed by atoms with Crippen molar-refractivity contribution in [3.05, 3.63) is 68.6 Å². The molecule has 0 aliphatic rings. The molecule has 1 aromatic heterocycles. The summed E-state index contributed by atoms with van der Waals surface area (Å²) in [5.74, 6) is 0.945. The third-order valence-electron chi connectivity index (χ3n) is 7.84. The molecule has 0 bridgehead atoms. The predicted octanol–water partition coefficient (Wildman–Crippen LogP) is 8.57. The Morgan fingerprint density at radius 2 is 1.68 bits per heavy atom. The van der Waals surface area contributed by atoms with E-state index in [0.717, 1.165) is 0 Å². The lowest BCUT2D eigenvalue weighted by atomic mass is 9.95. The van der Waals surface area contributed by atoms with Crippen molar-refractivity contribution in [3.8, 4) is 5.95 Å². The Morgan fingerprint density at radius 1 is 1.08 bits per heavy atom. The SMILES string of the molecule is C/C=C(\C)[C@H](O[Si](C)(C)C(C)(C)C)[C@H](C)/C=C(C)/C=C/CC(C)(/C=C/c1oc(OC)c(C)c(=O)c1C)OC. The first-order valence-corrected chi connectivity index (χ1v) is 16.4. The highest BCUT2D eigenvalue weighted by atomic mass is 28.4. The van der Waals surface area contributed by atoms with Crippen LogP contribution in [0.2, 0.25) is 18.1 Å². The number of hydrogen-bond acceptors (Lipinski definition) is 5. The highest BCUT2D eigenvalue weighted by Gasteiger charge is 2.40. The molecule has 0 aromatic carbocycles. The van der Waals surface area contributed by atoms with Crippen LogP contribution >= 0.6 is 0 Å². The minimum absolute atomic E-state index is 0.0563. The second kappa shape index (κ2) is 13.8. The standard InChI is InChI=1S/C32H52O5Si/c1-15-23(3)29(37-38(13,14)31(7,8)9)24(4)21-22(2)17-16-19-32(10,35-12)20-18-27-25(5)28(33)26(6)30(34-11)36-27/h15-18,20-21,24,29H,19H2,1-14H3/b17-16+,20-18+,22-21+,23-15+/t24-,29+,32?/m1/s1. The van der Waals surface area contributed by atoms with Gasteiger partial charge in [0.2, 0.25) is 0 Å². The highest BCUT2D eigenvalue weighted by Crippen LogP contribution is 2.39. The van der Waals surface area contributed by atoms with E-state index >= 15 is 0 Å². The van der Waals surface area contributed by atoms with E-state index in [9.17, 15) is 4.79 Å². The molecule has 0 saturated carbocycles. The summed E-state index contributed by atoms with van der Waals surface area (Å²) >= 11 is 0. The van der Waals surface area contributed by atoms with Crippen molar-refractivity contribution in [2.24, 2.45) is 5.92 Å². The first kappa shape index (κ1) is 33.9. The van der Waals surface area contributed by atoms with Gasteiger partial charge in [0.05, 0.1) is 24.4 Å². The summed E-state index contributed by atoms with van der Waals surface area (Å²) in [5.41, 5.74) is 2.82. The smallest absolute Gasteiger partial charge is 0.291 e. The van der Waals surface area contributed by atoms with Gasteiger partial charge in [-0.3, -0.25) is 4.79 Å². The second-order valence-electron chi connectivity index (χ2n) is 12.1. The van der Waals surface area contributed by atoms with Crippen LogP contribution in [0.5, 0.6) is 5.95 Å². The van der Waals surface area contributed by atoms with Crippen molar-refractivity contribution < 1.29 is 18.3 Å². The van der Waals surface area contributed by atoms with Crippen LogP contribution in [0.25, 0.3) is 6.08 Å². The third-order valence-corrected chi connectivity index (χ3v) is 12.3. The van der Waals surface area contributed by atoms with Crippen molar-refractivity contribution in [1.29, 1.82) is 0 Å². The number of rotatable bonds is 12. The van der Waals surface area contributed by atoms with Crippen molar-refractivity contribution in [3.63, 3.8) is 0 Å². The molecule has 3 atom stereocenters. The van der Waals surface area contributed by atoms with Gasteiger partial charge in [-0.25, -0.2) is 0 Å². The number of methoxy groups -OCH3 is 2. The molecular formula is C32H52O5Si. The van der Waals surface area contributed by atoms with E-state index in [1.165, 1.54) is 18.3 Å². The van der Waals surface area contributed by atoms with Gasteiger partial charge in [0, 0.05) is 18.6 Å². The fourth-order valence-electron chi connectivity index (χ4n) is 3.87. The van der Waals surface area contributed by atoms with Crippen LogP contribution in [0.15, 0.2) is 50.7 Å². The minimum atomic E-state index is -1.92. The molecule has 1 rings (SSSR count). The van der Waals surface area contributed by atoms with Gasteiger partial charge in [0.25, 0.3) is 5.95 Å². The van der Waals surface area contributed by atoms with Gasteiger partial charge in [0.1, 0.15) is 5.76 Å². The van der Waals surface area contributed by atoms with Gasteiger partial charge < -0.3 is 18.3 Å². The van der Waals surface area contributed by atoms with Crippen LogP contribution in [0.3, 0.4) is 0 Å². The first-order valence-electron chi connectivity index (χ1n) is 13.5. The molecule has 0 radical (unpaired) electrons. The number of ether oxygens (including phenoxy) is 2. The van der Waals surface area contributed by atoms with Gasteiger partial charge >= 0.3 is 0 Å². The summed E-state index contributed by atoms with van der Waals surface area (Å²) in [4.78, 5) is 12.5. The lowest BCUT2D eigenvalue weighted by Gasteiger charge is -2.41. The summed E-state index contributed by atoms with van der Waals surface area (Å²) in [5, 5.41) is 0.153. The van der Waals surface area contributed by atoms with E-state index < -0.39 is 13.9 Å². The molecule has 0 aliphatic heterocycles. The van der Waals surface area contributed by atoms with Crippen LogP contribution in [0.1, 0.15) is 78.7 Å². The molecule has 0 saturated heterocycles. The summed E-state index contributed by atoms with van der Waals surface area (Å²) in [6, 6.07) is 0. The Labute approximate surface area is 232 Å². The molecular weight excluding hydrogens is 492 g/mol. The van der Waals surface area contributed by atoms with Crippen LogP contribution in [0.4, 0.5) is 0 Å². The molecule has 0 N–H and O–H groups in total. The van der Waals surface area contributed by atoms with Gasteiger partial charge in [-0.05, 0) is 83.8 Å². The maximum Gasteiger partial charge on any atom is 0.291 e. The Kier molecular flexibility index (Phi) is 12.3. The van der Waals surface area contributed by atoms with E-state index in [-0.39, 0.29) is 28.4 Å². The molecule has 1 heterocycles. The second-order valence-corrected chi connectivity index (χ2v) is 16.9. The van der Waals surface area contributed by atoms with E-state index in [1.54, 1.807) is 27.0 Å². The van der Waals surface area contributed by atoms with Gasteiger partial charge in [-0.2, -0.15) is 0 Å². The first-order chi connectivity index (χ1) is 17.4. The monoisotopic (exact) mass is 544 g/mol. The lowest BCUT2D eigenvalue weighted by Crippen LogP contribution is -2.45. The number of allylic oxidation sites excluding steroid dienone is 3. The van der Waals surface area contributed by atoms with Gasteiger partial charge in [-0.1, -0.05) is 57.6 Å². The predicted molar refractivity (Wildman–Crippen MR) is 164 cm³/mol. The molecule has 38 heavy (non-hydrogen) atoms. The van der Waals surface area contributed by atoms with Crippen molar-refractivity contribution in [1.82, 2.24) is 0 Å². The van der Waals surface area contributed by atoms with Crippen molar-refractivity contribution in [2.45, 2.75) is 105 Å². The molecule has 6 heteroatoms. The Morgan fingerprint density at radius 3 is 2.18 bits per heavy atom. The lowest BCUT2D eigenvalue weighted by molar-refractivity contribution is 0.0521. The van der Waals surface area contributed by atoms with Gasteiger partial charge in [-0.15, -0.1) is 0 Å². The maximum atomic E-state index is 12.5. The van der Waals surface area contributed by atoms with E-state index in [0.29, 0.717) is 23.3 Å². The molecule has 0 fully saturated rings. The third kappa shape index (κ3) is 8.96. The summed E-state index contributed by atoms with van der Waals surface area (Å²) in [7, 11) is 1.26. The average molecular weight is 545 g/mol. The molecule has 0 amide bonds. The maximum absolute atomic E-state index is 12.5. The Hall–Kier alpha value is -2.15. The van der Waals surface area contributed by atoms with E-state index in [1.807, 2.05) is 13.0 Å². The van der Waals surface area contributed by atoms with Crippen molar-refractivity contribution >= 4 is 14.4 Å². The average Bonchev–Trinajstić information content (AvgIpc) is 2.84. The van der Waals surface area contributed by atoms with Crippen LogP contribution < -0.4 is 10.2 Å². The fourth-order valence-corrected chi connectivity index (χ4v) is 5.26. The molecule has 214 valence electrons. The quantitative estimate of drug-likeness (QED) is 0.150. The molecule has 5 nitrogen and oxygen atoms in total. The molecule has 1 aromatic rings. The fraction of sp³-hybridized carbons (Fsp3) is 0.594. The molecule has 0 aliphatic carbocycles. The number of hydrogen-bond donors (Lipinski definition) is 0. The normalized spacial score (nSPS) is 17.2. The van der Waals surface area contributed by atoms with Crippen molar-refractivity contribution in [2.75, 3.05) is 14.2 Å². The highest BCUT2D eigenvalue weighted by molar-refractivity contribution is 6.74. The zero-order valence-electron chi connectivity index (χ0n) is 26.4. The van der Waals surface area contributed by atoms with Crippen LogP contribution in [0, 0.1) is 19.8 Å². The van der Waals surface area contributed by atoms with E-state index in [2.05, 4.69) is 85.9 Å². The zero-order chi connectivity index (χ0) is 29.5. The summed E-state index contributed by atoms with van der Waals surface area (Å²) in [6.07, 6.45) is 13.1. The Bertz CT molecular complexity index is 1110. The topological polar surface area (TPSA) is 57.9 Å². The Balaban J connectivity index is 3.09. The van der Waals surface area contributed by atoms with E-state index in [4.69, 9.17) is 18.3 Å². The minimum Gasteiger partial charge on any atom is -0.468 e. The summed E-state index contributed by atoms with van der Waals surface area (Å²) in [6.45, 7) is 25.5. The summed E-state index contributed by atoms with van der Waals surface area (Å²) < 4.78 is 23.7. The molecule has 0 spiro atoms. The van der Waals surface area contributed by atoms with Gasteiger partial charge in [0.15, 0.2) is 13.7 Å². The van der Waals surface area contributed by atoms with Crippen LogP contribution in [-0.4, -0.2) is 34.2 Å². The largest absolute Gasteiger partial charge is 0.468 e. The zero-order valence-corrected chi connectivity index (χ0v) is 27.4.